The van der Waals surface area contributed by atoms with Gasteiger partial charge in [-0.2, -0.15) is 0 Å². The van der Waals surface area contributed by atoms with Crippen LogP contribution >= 0.6 is 0 Å². The Kier molecular flexibility index (Phi) is 4.05. The van der Waals surface area contributed by atoms with E-state index in [1.165, 1.54) is 0 Å². The molecule has 2 aromatic rings. The van der Waals surface area contributed by atoms with Crippen molar-refractivity contribution in [2.45, 2.75) is 38.1 Å². The fraction of sp³-hybridized carbons (Fsp3) is 0.450. The third kappa shape index (κ3) is 2.79. The van der Waals surface area contributed by atoms with Crippen LogP contribution in [0.15, 0.2) is 24.3 Å². The number of aromatic nitrogens is 1. The largest absolute Gasteiger partial charge is 0.497 e. The Morgan fingerprint density at radius 3 is 2.62 bits per heavy atom. The quantitative estimate of drug-likeness (QED) is 0.913. The molecule has 1 saturated carbocycles. The molecule has 0 radical (unpaired) electrons. The molecule has 0 spiro atoms. The number of pyridine rings is 1. The van der Waals surface area contributed by atoms with Gasteiger partial charge in [0.1, 0.15) is 5.75 Å². The number of carbonyl (C=O) groups excluding carboxylic acids is 1. The SMILES string of the molecule is COc1ccc2nc(C3CC3)cc(C(=O)N3CCC(C(=O)O)C3C)c2c1. The molecule has 1 aromatic heterocycles. The highest BCUT2D eigenvalue weighted by molar-refractivity contribution is 6.07. The van der Waals surface area contributed by atoms with Crippen LogP contribution in [0.2, 0.25) is 0 Å². The summed E-state index contributed by atoms with van der Waals surface area (Å²) in [6.07, 6.45) is 2.69. The summed E-state index contributed by atoms with van der Waals surface area (Å²) in [7, 11) is 1.59. The zero-order valence-corrected chi connectivity index (χ0v) is 14.9. The molecule has 6 heteroatoms. The summed E-state index contributed by atoms with van der Waals surface area (Å²) in [4.78, 5) is 31.1. The molecule has 6 nitrogen and oxygen atoms in total. The number of methoxy groups -OCH3 is 1. The molecule has 1 saturated heterocycles. The lowest BCUT2D eigenvalue weighted by Gasteiger charge is -2.24. The lowest BCUT2D eigenvalue weighted by atomic mass is 10.0. The zero-order valence-electron chi connectivity index (χ0n) is 14.9. The number of carboxylic acid groups (broad SMARTS) is 1. The average molecular weight is 354 g/mol. The Morgan fingerprint density at radius 1 is 1.23 bits per heavy atom. The molecular formula is C20H22N2O4. The number of nitrogens with zero attached hydrogens (tertiary/aromatic N) is 2. The molecule has 0 bridgehead atoms. The van der Waals surface area contributed by atoms with Crippen LogP contribution in [0.3, 0.4) is 0 Å². The second-order valence-corrected chi connectivity index (χ2v) is 7.22. The maximum atomic E-state index is 13.3. The summed E-state index contributed by atoms with van der Waals surface area (Å²) in [6.45, 7) is 2.28. The van der Waals surface area contributed by atoms with Crippen molar-refractivity contribution < 1.29 is 19.4 Å². The highest BCUT2D eigenvalue weighted by atomic mass is 16.5. The van der Waals surface area contributed by atoms with E-state index in [-0.39, 0.29) is 11.9 Å². The molecule has 2 heterocycles. The van der Waals surface area contributed by atoms with Crippen molar-refractivity contribution in [1.82, 2.24) is 9.88 Å². The third-order valence-corrected chi connectivity index (χ3v) is 5.59. The Hall–Kier alpha value is -2.63. The topological polar surface area (TPSA) is 79.7 Å². The van der Waals surface area contributed by atoms with Crippen molar-refractivity contribution in [3.63, 3.8) is 0 Å². The minimum atomic E-state index is -0.840. The number of amides is 1. The van der Waals surface area contributed by atoms with Gasteiger partial charge in [0.25, 0.3) is 5.91 Å². The van der Waals surface area contributed by atoms with E-state index in [0.717, 1.165) is 29.4 Å². The average Bonchev–Trinajstić information content (AvgIpc) is 3.41. The fourth-order valence-electron chi connectivity index (χ4n) is 3.83. The molecule has 1 aliphatic heterocycles. The first-order chi connectivity index (χ1) is 12.5. The fourth-order valence-corrected chi connectivity index (χ4v) is 3.83. The normalized spacial score (nSPS) is 22.6. The predicted molar refractivity (Wildman–Crippen MR) is 96.5 cm³/mol. The number of carboxylic acids is 1. The van der Waals surface area contributed by atoms with Crippen molar-refractivity contribution in [2.24, 2.45) is 5.92 Å². The summed E-state index contributed by atoms with van der Waals surface area (Å²) in [5.41, 5.74) is 2.32. The molecule has 1 aromatic carbocycles. The van der Waals surface area contributed by atoms with Gasteiger partial charge in [-0.3, -0.25) is 14.6 Å². The first-order valence-electron chi connectivity index (χ1n) is 9.02. The van der Waals surface area contributed by atoms with E-state index in [2.05, 4.69) is 0 Å². The monoisotopic (exact) mass is 354 g/mol. The van der Waals surface area contributed by atoms with Crippen LogP contribution in [-0.4, -0.2) is 46.6 Å². The second kappa shape index (κ2) is 6.27. The first kappa shape index (κ1) is 16.8. The summed E-state index contributed by atoms with van der Waals surface area (Å²) >= 11 is 0. The van der Waals surface area contributed by atoms with Crippen LogP contribution in [0.1, 0.15) is 48.2 Å². The number of fused-ring (bicyclic) bond motifs is 1. The van der Waals surface area contributed by atoms with Crippen molar-refractivity contribution in [1.29, 1.82) is 0 Å². The molecule has 26 heavy (non-hydrogen) atoms. The molecule has 1 aliphatic carbocycles. The summed E-state index contributed by atoms with van der Waals surface area (Å²) in [5, 5.41) is 10.1. The van der Waals surface area contributed by atoms with E-state index in [1.54, 1.807) is 12.0 Å². The van der Waals surface area contributed by atoms with E-state index in [0.29, 0.717) is 30.2 Å². The van der Waals surface area contributed by atoms with Gasteiger partial charge >= 0.3 is 5.97 Å². The number of aliphatic carboxylic acids is 1. The van der Waals surface area contributed by atoms with Crippen LogP contribution < -0.4 is 4.74 Å². The van der Waals surface area contributed by atoms with E-state index in [9.17, 15) is 14.7 Å². The van der Waals surface area contributed by atoms with Crippen LogP contribution in [0.5, 0.6) is 5.75 Å². The summed E-state index contributed by atoms with van der Waals surface area (Å²) in [6, 6.07) is 7.13. The standard InChI is InChI=1S/C20H22N2O4/c1-11-14(20(24)25)7-8-22(11)19(23)16-10-18(12-3-4-12)21-17-6-5-13(26-2)9-15(16)17/h5-6,9-12,14H,3-4,7-8H2,1-2H3,(H,24,25). The minimum absolute atomic E-state index is 0.121. The van der Waals surface area contributed by atoms with Crippen LogP contribution in [0.25, 0.3) is 10.9 Å². The third-order valence-electron chi connectivity index (χ3n) is 5.59. The van der Waals surface area contributed by atoms with Crippen LogP contribution in [-0.2, 0) is 4.79 Å². The predicted octanol–water partition coefficient (Wildman–Crippen LogP) is 3.06. The number of carbonyl (C=O) groups is 2. The van der Waals surface area contributed by atoms with E-state index < -0.39 is 11.9 Å². The molecule has 2 unspecified atom stereocenters. The Bertz CT molecular complexity index is 891. The first-order valence-corrected chi connectivity index (χ1v) is 9.02. The zero-order chi connectivity index (χ0) is 18.4. The smallest absolute Gasteiger partial charge is 0.308 e. The Labute approximate surface area is 151 Å². The molecule has 4 rings (SSSR count). The molecule has 2 fully saturated rings. The van der Waals surface area contributed by atoms with E-state index in [1.807, 2.05) is 31.2 Å². The van der Waals surface area contributed by atoms with Crippen LogP contribution in [0.4, 0.5) is 0 Å². The van der Waals surface area contributed by atoms with Crippen molar-refractivity contribution >= 4 is 22.8 Å². The molecule has 2 aliphatic rings. The van der Waals surface area contributed by atoms with Gasteiger partial charge in [-0.25, -0.2) is 0 Å². The summed E-state index contributed by atoms with van der Waals surface area (Å²) in [5.74, 6) is -0.373. The van der Waals surface area contributed by atoms with Gasteiger partial charge in [0.05, 0.1) is 24.1 Å². The number of ether oxygens (including phenoxy) is 1. The highest BCUT2D eigenvalue weighted by Crippen LogP contribution is 2.41. The number of benzene rings is 1. The van der Waals surface area contributed by atoms with Crippen molar-refractivity contribution in [2.75, 3.05) is 13.7 Å². The lowest BCUT2D eigenvalue weighted by molar-refractivity contribution is -0.142. The highest BCUT2D eigenvalue weighted by Gasteiger charge is 2.39. The summed E-state index contributed by atoms with van der Waals surface area (Å²) < 4.78 is 5.31. The van der Waals surface area contributed by atoms with Gasteiger partial charge in [0.2, 0.25) is 0 Å². The van der Waals surface area contributed by atoms with Crippen molar-refractivity contribution in [3.05, 3.63) is 35.5 Å². The second-order valence-electron chi connectivity index (χ2n) is 7.22. The number of hydrogen-bond donors (Lipinski definition) is 1. The van der Waals surface area contributed by atoms with Crippen molar-refractivity contribution in [3.8, 4) is 5.75 Å². The van der Waals surface area contributed by atoms with Gasteiger partial charge < -0.3 is 14.7 Å². The van der Waals surface area contributed by atoms with Gasteiger partial charge in [0, 0.05) is 29.6 Å². The molecular weight excluding hydrogens is 332 g/mol. The number of likely N-dealkylation sites (tertiary alicyclic amines) is 1. The molecule has 2 atom stereocenters. The molecule has 1 N–H and O–H groups in total. The Balaban J connectivity index is 1.78. The Morgan fingerprint density at radius 2 is 2.00 bits per heavy atom. The van der Waals surface area contributed by atoms with Gasteiger partial charge in [-0.05, 0) is 50.5 Å². The number of rotatable bonds is 4. The lowest BCUT2D eigenvalue weighted by Crippen LogP contribution is -2.37. The van der Waals surface area contributed by atoms with Gasteiger partial charge in [-0.1, -0.05) is 0 Å². The van der Waals surface area contributed by atoms with E-state index >= 15 is 0 Å². The minimum Gasteiger partial charge on any atom is -0.497 e. The maximum absolute atomic E-state index is 13.3. The van der Waals surface area contributed by atoms with Crippen LogP contribution in [0, 0.1) is 5.92 Å². The van der Waals surface area contributed by atoms with Gasteiger partial charge in [-0.15, -0.1) is 0 Å². The van der Waals surface area contributed by atoms with E-state index in [4.69, 9.17) is 9.72 Å². The molecule has 136 valence electrons. The maximum Gasteiger partial charge on any atom is 0.308 e. The van der Waals surface area contributed by atoms with Gasteiger partial charge in [0.15, 0.2) is 0 Å². The molecule has 1 amide bonds. The number of hydrogen-bond acceptors (Lipinski definition) is 4.